The minimum atomic E-state index is 0.128. The third-order valence-corrected chi connectivity index (χ3v) is 5.87. The van der Waals surface area contributed by atoms with Crippen molar-refractivity contribution in [3.63, 3.8) is 0 Å². The van der Waals surface area contributed by atoms with Gasteiger partial charge >= 0.3 is 0 Å². The van der Waals surface area contributed by atoms with E-state index < -0.39 is 0 Å². The quantitative estimate of drug-likeness (QED) is 0.725. The second-order valence-corrected chi connectivity index (χ2v) is 7.85. The lowest BCUT2D eigenvalue weighted by Crippen LogP contribution is -2.53. The lowest BCUT2D eigenvalue weighted by Gasteiger charge is -2.36. The van der Waals surface area contributed by atoms with Crippen LogP contribution in [-0.2, 0) is 14.3 Å². The van der Waals surface area contributed by atoms with E-state index >= 15 is 0 Å². The van der Waals surface area contributed by atoms with Gasteiger partial charge in [-0.25, -0.2) is 0 Å². The first-order valence-corrected chi connectivity index (χ1v) is 10.3. The van der Waals surface area contributed by atoms with Crippen molar-refractivity contribution in [2.24, 2.45) is 5.92 Å². The smallest absolute Gasteiger partial charge is 0.236 e. The molecule has 2 heterocycles. The molecule has 7 heteroatoms. The predicted octanol–water partition coefficient (Wildman–Crippen LogP) is 0.159. The highest BCUT2D eigenvalue weighted by molar-refractivity contribution is 5.79. The molecule has 0 radical (unpaired) electrons. The third kappa shape index (κ3) is 6.21. The maximum absolute atomic E-state index is 12.4. The zero-order valence-corrected chi connectivity index (χ0v) is 16.0. The average Bonchev–Trinajstić information content (AvgIpc) is 2.68. The molecule has 1 N–H and O–H groups in total. The Morgan fingerprint density at radius 2 is 1.50 bits per heavy atom. The molecular weight excluding hydrogens is 332 g/mol. The summed E-state index contributed by atoms with van der Waals surface area (Å²) in [5.41, 5.74) is 0. The summed E-state index contributed by atoms with van der Waals surface area (Å²) in [6.07, 6.45) is 6.47. The van der Waals surface area contributed by atoms with Crippen LogP contribution in [0.15, 0.2) is 0 Å². The van der Waals surface area contributed by atoms with Gasteiger partial charge in [0.05, 0.1) is 26.3 Å². The number of rotatable bonds is 6. The van der Waals surface area contributed by atoms with Crippen molar-refractivity contribution in [1.82, 2.24) is 20.0 Å². The van der Waals surface area contributed by atoms with Crippen LogP contribution in [0, 0.1) is 5.92 Å². The molecule has 3 rings (SSSR count). The second-order valence-electron chi connectivity index (χ2n) is 7.85. The fourth-order valence-electron chi connectivity index (χ4n) is 4.11. The van der Waals surface area contributed by atoms with Crippen LogP contribution in [0.25, 0.3) is 0 Å². The molecule has 7 nitrogen and oxygen atoms in total. The molecule has 1 saturated carbocycles. The molecule has 3 fully saturated rings. The van der Waals surface area contributed by atoms with Crippen LogP contribution in [-0.4, -0.2) is 98.6 Å². The van der Waals surface area contributed by atoms with Crippen LogP contribution < -0.4 is 5.32 Å². The zero-order chi connectivity index (χ0) is 18.2. The summed E-state index contributed by atoms with van der Waals surface area (Å²) in [6.45, 7) is 7.91. The van der Waals surface area contributed by atoms with E-state index in [1.807, 2.05) is 4.90 Å². The Hall–Kier alpha value is -1.18. The molecule has 3 aliphatic rings. The van der Waals surface area contributed by atoms with Crippen molar-refractivity contribution < 1.29 is 14.3 Å². The highest BCUT2D eigenvalue weighted by Gasteiger charge is 2.24. The molecule has 1 aliphatic carbocycles. The summed E-state index contributed by atoms with van der Waals surface area (Å²) < 4.78 is 5.33. The van der Waals surface area contributed by atoms with Crippen molar-refractivity contribution in [3.05, 3.63) is 0 Å². The first-order chi connectivity index (χ1) is 12.7. The number of nitrogens with one attached hydrogen (secondary N) is 1. The van der Waals surface area contributed by atoms with Gasteiger partial charge in [0, 0.05) is 45.8 Å². The molecule has 0 aromatic carbocycles. The minimum Gasteiger partial charge on any atom is -0.379 e. The van der Waals surface area contributed by atoms with Crippen LogP contribution in [0.3, 0.4) is 0 Å². The van der Waals surface area contributed by atoms with E-state index in [0.29, 0.717) is 19.0 Å². The Balaban J connectivity index is 1.30. The van der Waals surface area contributed by atoms with E-state index in [-0.39, 0.29) is 11.8 Å². The van der Waals surface area contributed by atoms with Gasteiger partial charge in [-0.2, -0.15) is 0 Å². The van der Waals surface area contributed by atoms with Crippen molar-refractivity contribution in [1.29, 1.82) is 0 Å². The fraction of sp³-hybridized carbons (Fsp3) is 0.895. The maximum Gasteiger partial charge on any atom is 0.236 e. The number of piperazine rings is 1. The Morgan fingerprint density at radius 3 is 2.19 bits per heavy atom. The van der Waals surface area contributed by atoms with Gasteiger partial charge in [0.15, 0.2) is 0 Å². The van der Waals surface area contributed by atoms with Gasteiger partial charge in [-0.1, -0.05) is 19.3 Å². The van der Waals surface area contributed by atoms with Gasteiger partial charge in [-0.3, -0.25) is 19.4 Å². The molecule has 0 atom stereocenters. The van der Waals surface area contributed by atoms with Crippen molar-refractivity contribution in [2.45, 2.75) is 32.1 Å². The minimum absolute atomic E-state index is 0.128. The number of carbonyl (C=O) groups is 2. The van der Waals surface area contributed by atoms with E-state index in [2.05, 4.69) is 15.1 Å². The summed E-state index contributed by atoms with van der Waals surface area (Å²) in [4.78, 5) is 30.9. The molecule has 2 aliphatic heterocycles. The molecule has 0 aromatic heterocycles. The van der Waals surface area contributed by atoms with Crippen molar-refractivity contribution in [3.8, 4) is 0 Å². The zero-order valence-electron chi connectivity index (χ0n) is 16.0. The summed E-state index contributed by atoms with van der Waals surface area (Å²) >= 11 is 0. The molecule has 0 aromatic rings. The summed E-state index contributed by atoms with van der Waals surface area (Å²) in [5.74, 6) is 0.999. The van der Waals surface area contributed by atoms with E-state index in [1.165, 1.54) is 32.1 Å². The van der Waals surface area contributed by atoms with Gasteiger partial charge in [-0.05, 0) is 18.8 Å². The first kappa shape index (κ1) is 19.6. The maximum atomic E-state index is 12.4. The van der Waals surface area contributed by atoms with Crippen molar-refractivity contribution in [2.75, 3.05) is 72.1 Å². The molecule has 0 unspecified atom stereocenters. The number of carbonyl (C=O) groups excluding carboxylic acids is 2. The fourth-order valence-corrected chi connectivity index (χ4v) is 4.11. The van der Waals surface area contributed by atoms with Crippen LogP contribution in [0.4, 0.5) is 0 Å². The molecule has 2 saturated heterocycles. The molecule has 148 valence electrons. The number of amides is 2. The molecule has 0 spiro atoms. The van der Waals surface area contributed by atoms with E-state index in [0.717, 1.165) is 59.0 Å². The van der Waals surface area contributed by atoms with Crippen LogP contribution >= 0.6 is 0 Å². The van der Waals surface area contributed by atoms with Crippen LogP contribution in [0.5, 0.6) is 0 Å². The Labute approximate surface area is 157 Å². The van der Waals surface area contributed by atoms with Gasteiger partial charge in [0.25, 0.3) is 0 Å². The number of hydrogen-bond acceptors (Lipinski definition) is 5. The van der Waals surface area contributed by atoms with Crippen molar-refractivity contribution >= 4 is 11.8 Å². The van der Waals surface area contributed by atoms with Gasteiger partial charge in [0.2, 0.25) is 11.8 Å². The van der Waals surface area contributed by atoms with E-state index in [1.54, 1.807) is 0 Å². The number of morpholine rings is 1. The lowest BCUT2D eigenvalue weighted by molar-refractivity contribution is -0.135. The normalized spacial score (nSPS) is 23.8. The Morgan fingerprint density at radius 1 is 0.846 bits per heavy atom. The topological polar surface area (TPSA) is 65.1 Å². The number of ether oxygens (including phenoxy) is 1. The van der Waals surface area contributed by atoms with E-state index in [4.69, 9.17) is 4.74 Å². The SMILES string of the molecule is O=C(CN1CCN(C(=O)CN2CCOCC2)CC1)NCC1CCCCC1. The molecular formula is C19H34N4O3. The number of hydrogen-bond donors (Lipinski definition) is 1. The van der Waals surface area contributed by atoms with Gasteiger partial charge in [0.1, 0.15) is 0 Å². The monoisotopic (exact) mass is 366 g/mol. The summed E-state index contributed by atoms with van der Waals surface area (Å²) in [5, 5.41) is 3.11. The first-order valence-electron chi connectivity index (χ1n) is 10.3. The Bertz CT molecular complexity index is 454. The summed E-state index contributed by atoms with van der Waals surface area (Å²) in [6, 6.07) is 0. The molecule has 0 bridgehead atoms. The third-order valence-electron chi connectivity index (χ3n) is 5.87. The van der Waals surface area contributed by atoms with E-state index in [9.17, 15) is 9.59 Å². The number of nitrogens with zero attached hydrogens (tertiary/aromatic N) is 3. The Kier molecular flexibility index (Phi) is 7.70. The van der Waals surface area contributed by atoms with Gasteiger partial charge in [-0.15, -0.1) is 0 Å². The van der Waals surface area contributed by atoms with Crippen LogP contribution in [0.2, 0.25) is 0 Å². The van der Waals surface area contributed by atoms with Gasteiger partial charge < -0.3 is 15.0 Å². The standard InChI is InChI=1S/C19H34N4O3/c24-18(20-14-17-4-2-1-3-5-17)15-21-6-8-23(9-7-21)19(25)16-22-10-12-26-13-11-22/h17H,1-16H2,(H,20,24). The molecule has 26 heavy (non-hydrogen) atoms. The summed E-state index contributed by atoms with van der Waals surface area (Å²) in [7, 11) is 0. The largest absolute Gasteiger partial charge is 0.379 e. The lowest BCUT2D eigenvalue weighted by atomic mass is 9.89. The van der Waals surface area contributed by atoms with Crippen LogP contribution in [0.1, 0.15) is 32.1 Å². The highest BCUT2D eigenvalue weighted by Crippen LogP contribution is 2.22. The highest BCUT2D eigenvalue weighted by atomic mass is 16.5. The average molecular weight is 367 g/mol. The predicted molar refractivity (Wildman–Crippen MR) is 99.9 cm³/mol. The molecule has 2 amide bonds. The second kappa shape index (κ2) is 10.2.